The molecule has 4 heteroatoms. The smallest absolute Gasteiger partial charge is 0.256 e. The van der Waals surface area contributed by atoms with Gasteiger partial charge in [0.15, 0.2) is 0 Å². The summed E-state index contributed by atoms with van der Waals surface area (Å²) in [5, 5.41) is 13.8. The number of rotatable bonds is 1. The van der Waals surface area contributed by atoms with E-state index in [0.717, 1.165) is 41.3 Å². The van der Waals surface area contributed by atoms with Gasteiger partial charge in [-0.2, -0.15) is 0 Å². The Hall–Kier alpha value is -1.29. The standard InChI is InChI=1S/C17H20BrNO2/c1-10-5-7-17(8-6-10)15(20)14(16(21)19-17)13-9-12(18)4-3-11(13)2/h3-4,9-10,20H,5-8H2,1-2H3,(H,19,21). The summed E-state index contributed by atoms with van der Waals surface area (Å²) in [5.74, 6) is 0.751. The van der Waals surface area contributed by atoms with Crippen LogP contribution in [0.2, 0.25) is 0 Å². The Morgan fingerprint density at radius 1 is 1.33 bits per heavy atom. The van der Waals surface area contributed by atoms with Gasteiger partial charge < -0.3 is 10.4 Å². The van der Waals surface area contributed by atoms with Crippen molar-refractivity contribution >= 4 is 27.4 Å². The minimum absolute atomic E-state index is 0.150. The van der Waals surface area contributed by atoms with Crippen molar-refractivity contribution in [3.63, 3.8) is 0 Å². The second-order valence-corrected chi connectivity index (χ2v) is 7.32. The van der Waals surface area contributed by atoms with Crippen molar-refractivity contribution in [2.24, 2.45) is 5.92 Å². The normalized spacial score (nSPS) is 29.1. The Morgan fingerprint density at radius 2 is 2.00 bits per heavy atom. The van der Waals surface area contributed by atoms with E-state index in [2.05, 4.69) is 28.2 Å². The van der Waals surface area contributed by atoms with E-state index in [1.54, 1.807) is 0 Å². The molecule has 0 bridgehead atoms. The number of aliphatic hydroxyl groups is 1. The fourth-order valence-electron chi connectivity index (χ4n) is 3.42. The SMILES string of the molecule is Cc1ccc(Br)cc1C1=C(O)C2(CCC(C)CC2)NC1=O. The lowest BCUT2D eigenvalue weighted by Gasteiger charge is -2.36. The van der Waals surface area contributed by atoms with Gasteiger partial charge in [-0.3, -0.25) is 4.79 Å². The second kappa shape index (κ2) is 5.16. The average Bonchev–Trinajstić information content (AvgIpc) is 2.68. The third-order valence-corrected chi connectivity index (χ3v) is 5.36. The first-order valence-electron chi connectivity index (χ1n) is 7.46. The van der Waals surface area contributed by atoms with Gasteiger partial charge in [0.25, 0.3) is 5.91 Å². The molecule has 0 aromatic heterocycles. The monoisotopic (exact) mass is 349 g/mol. The minimum Gasteiger partial charge on any atom is -0.509 e. The van der Waals surface area contributed by atoms with Gasteiger partial charge in [-0.1, -0.05) is 28.9 Å². The van der Waals surface area contributed by atoms with Gasteiger partial charge in [0.05, 0.1) is 11.1 Å². The fourth-order valence-corrected chi connectivity index (χ4v) is 3.78. The third kappa shape index (κ3) is 2.39. The van der Waals surface area contributed by atoms with Gasteiger partial charge in [-0.25, -0.2) is 0 Å². The van der Waals surface area contributed by atoms with Crippen LogP contribution in [-0.2, 0) is 4.79 Å². The molecule has 1 amide bonds. The predicted octanol–water partition coefficient (Wildman–Crippen LogP) is 4.11. The maximum atomic E-state index is 12.5. The highest BCUT2D eigenvalue weighted by atomic mass is 79.9. The number of hydrogen-bond donors (Lipinski definition) is 2. The molecular formula is C17H20BrNO2. The van der Waals surface area contributed by atoms with Crippen LogP contribution < -0.4 is 5.32 Å². The molecule has 0 radical (unpaired) electrons. The Morgan fingerprint density at radius 3 is 2.67 bits per heavy atom. The van der Waals surface area contributed by atoms with Crippen LogP contribution in [0.25, 0.3) is 5.57 Å². The average molecular weight is 350 g/mol. The maximum absolute atomic E-state index is 12.5. The van der Waals surface area contributed by atoms with Crippen molar-refractivity contribution in [3.05, 3.63) is 39.6 Å². The topological polar surface area (TPSA) is 49.3 Å². The second-order valence-electron chi connectivity index (χ2n) is 6.40. The van der Waals surface area contributed by atoms with Gasteiger partial charge in [0, 0.05) is 4.47 Å². The van der Waals surface area contributed by atoms with E-state index in [-0.39, 0.29) is 11.7 Å². The van der Waals surface area contributed by atoms with Gasteiger partial charge in [0.1, 0.15) is 5.76 Å². The van der Waals surface area contributed by atoms with E-state index in [1.165, 1.54) is 0 Å². The molecule has 0 saturated heterocycles. The van der Waals surface area contributed by atoms with E-state index in [9.17, 15) is 9.90 Å². The first-order valence-corrected chi connectivity index (χ1v) is 8.25. The van der Waals surface area contributed by atoms with Crippen molar-refractivity contribution in [2.45, 2.75) is 45.1 Å². The van der Waals surface area contributed by atoms with E-state index in [0.29, 0.717) is 11.5 Å². The van der Waals surface area contributed by atoms with Crippen LogP contribution in [0.5, 0.6) is 0 Å². The summed E-state index contributed by atoms with van der Waals surface area (Å²) in [5.41, 5.74) is 1.72. The first-order chi connectivity index (χ1) is 9.93. The number of benzene rings is 1. The Balaban J connectivity index is 2.06. The lowest BCUT2D eigenvalue weighted by atomic mass is 9.76. The lowest BCUT2D eigenvalue weighted by Crippen LogP contribution is -2.47. The highest BCUT2D eigenvalue weighted by molar-refractivity contribution is 9.10. The van der Waals surface area contributed by atoms with Gasteiger partial charge in [-0.15, -0.1) is 0 Å². The van der Waals surface area contributed by atoms with Crippen molar-refractivity contribution < 1.29 is 9.90 Å². The fraction of sp³-hybridized carbons (Fsp3) is 0.471. The molecular weight excluding hydrogens is 330 g/mol. The van der Waals surface area contributed by atoms with Crippen LogP contribution in [0.1, 0.15) is 43.7 Å². The third-order valence-electron chi connectivity index (χ3n) is 4.87. The number of carbonyl (C=O) groups excluding carboxylic acids is 1. The Kier molecular flexibility index (Phi) is 3.60. The summed E-state index contributed by atoms with van der Waals surface area (Å²) in [7, 11) is 0. The highest BCUT2D eigenvalue weighted by Crippen LogP contribution is 2.43. The molecule has 1 saturated carbocycles. The van der Waals surface area contributed by atoms with Crippen molar-refractivity contribution in [1.82, 2.24) is 5.32 Å². The van der Waals surface area contributed by atoms with Crippen LogP contribution in [-0.4, -0.2) is 16.6 Å². The summed E-state index contributed by atoms with van der Waals surface area (Å²) in [6.45, 7) is 4.19. The summed E-state index contributed by atoms with van der Waals surface area (Å²) in [6, 6.07) is 5.81. The van der Waals surface area contributed by atoms with Crippen LogP contribution in [0.15, 0.2) is 28.4 Å². The van der Waals surface area contributed by atoms with Gasteiger partial charge in [-0.05, 0) is 61.8 Å². The van der Waals surface area contributed by atoms with E-state index >= 15 is 0 Å². The molecule has 112 valence electrons. The van der Waals surface area contributed by atoms with Crippen molar-refractivity contribution in [1.29, 1.82) is 0 Å². The van der Waals surface area contributed by atoms with E-state index < -0.39 is 5.54 Å². The molecule has 3 rings (SSSR count). The summed E-state index contributed by atoms with van der Waals surface area (Å²) < 4.78 is 0.911. The lowest BCUT2D eigenvalue weighted by molar-refractivity contribution is -0.116. The van der Waals surface area contributed by atoms with Gasteiger partial charge >= 0.3 is 0 Å². The summed E-state index contributed by atoms with van der Waals surface area (Å²) in [4.78, 5) is 12.5. The van der Waals surface area contributed by atoms with E-state index in [1.807, 2.05) is 25.1 Å². The molecule has 1 aromatic carbocycles. The maximum Gasteiger partial charge on any atom is 0.256 e. The molecule has 1 aliphatic heterocycles. The zero-order valence-electron chi connectivity index (χ0n) is 12.4. The molecule has 2 N–H and O–H groups in total. The Labute approximate surface area is 133 Å². The number of amides is 1. The quantitative estimate of drug-likeness (QED) is 0.801. The van der Waals surface area contributed by atoms with Crippen LogP contribution in [0.4, 0.5) is 0 Å². The van der Waals surface area contributed by atoms with Crippen LogP contribution in [0, 0.1) is 12.8 Å². The molecule has 1 heterocycles. The largest absolute Gasteiger partial charge is 0.509 e. The number of halogens is 1. The minimum atomic E-state index is -0.534. The molecule has 21 heavy (non-hydrogen) atoms. The molecule has 1 spiro atoms. The van der Waals surface area contributed by atoms with Gasteiger partial charge in [0.2, 0.25) is 0 Å². The number of carbonyl (C=O) groups is 1. The first kappa shape index (κ1) is 14.6. The number of aryl methyl sites for hydroxylation is 1. The predicted molar refractivity (Wildman–Crippen MR) is 86.9 cm³/mol. The number of aliphatic hydroxyl groups excluding tert-OH is 1. The molecule has 0 unspecified atom stereocenters. The van der Waals surface area contributed by atoms with Crippen molar-refractivity contribution in [3.8, 4) is 0 Å². The molecule has 3 nitrogen and oxygen atoms in total. The summed E-state index contributed by atoms with van der Waals surface area (Å²) >= 11 is 3.44. The Bertz CT molecular complexity index is 628. The molecule has 1 fully saturated rings. The van der Waals surface area contributed by atoms with E-state index in [4.69, 9.17) is 0 Å². The zero-order valence-corrected chi connectivity index (χ0v) is 14.0. The molecule has 1 aromatic rings. The number of nitrogens with one attached hydrogen (secondary N) is 1. The van der Waals surface area contributed by atoms with Crippen LogP contribution in [0.3, 0.4) is 0 Å². The van der Waals surface area contributed by atoms with Crippen molar-refractivity contribution in [2.75, 3.05) is 0 Å². The summed E-state index contributed by atoms with van der Waals surface area (Å²) in [6.07, 6.45) is 3.72. The van der Waals surface area contributed by atoms with Crippen LogP contribution >= 0.6 is 15.9 Å². The highest BCUT2D eigenvalue weighted by Gasteiger charge is 2.47. The molecule has 0 atom stereocenters. The number of hydrogen-bond acceptors (Lipinski definition) is 2. The molecule has 2 aliphatic rings. The zero-order chi connectivity index (χ0) is 15.2. The molecule has 1 aliphatic carbocycles.